The number of carbonyl (C=O) groups is 1. The number of amides is 1. The first-order valence-electron chi connectivity index (χ1n) is 11.3. The van der Waals surface area contributed by atoms with Gasteiger partial charge in [0.15, 0.2) is 0 Å². The van der Waals surface area contributed by atoms with Crippen LogP contribution in [0.5, 0.6) is 0 Å². The van der Waals surface area contributed by atoms with Gasteiger partial charge in [0.2, 0.25) is 5.91 Å². The highest BCUT2D eigenvalue weighted by molar-refractivity contribution is 5.88. The quantitative estimate of drug-likeness (QED) is 0.677. The van der Waals surface area contributed by atoms with E-state index < -0.39 is 6.43 Å². The van der Waals surface area contributed by atoms with E-state index in [1.165, 1.54) is 17.3 Å². The van der Waals surface area contributed by atoms with Crippen molar-refractivity contribution in [1.82, 2.24) is 10.3 Å². The molecule has 0 unspecified atom stereocenters. The molecule has 5 rings (SSSR count). The summed E-state index contributed by atoms with van der Waals surface area (Å²) in [6.45, 7) is 5.46. The van der Waals surface area contributed by atoms with Gasteiger partial charge in [0, 0.05) is 30.6 Å². The van der Waals surface area contributed by atoms with Gasteiger partial charge in [-0.15, -0.1) is 0 Å². The SMILES string of the molecule is C[C@]12CCNC(=O)C=C1CC[C@@H]1[C@@H]2CC[C@]2(C)C(c3cncc(C(F)F)c3)=CC[C@@H]12. The fraction of sp³-hybridized carbons (Fsp3) is 0.600. The second-order valence-corrected chi connectivity index (χ2v) is 10.2. The largest absolute Gasteiger partial charge is 0.353 e. The Hall–Kier alpha value is -2.04. The van der Waals surface area contributed by atoms with Crippen LogP contribution in [0.3, 0.4) is 0 Å². The second-order valence-electron chi connectivity index (χ2n) is 10.2. The summed E-state index contributed by atoms with van der Waals surface area (Å²) in [6, 6.07) is 1.63. The monoisotopic (exact) mass is 412 g/mol. The average molecular weight is 413 g/mol. The van der Waals surface area contributed by atoms with Gasteiger partial charge in [0.1, 0.15) is 0 Å². The van der Waals surface area contributed by atoms with Gasteiger partial charge in [-0.2, -0.15) is 0 Å². The molecular weight excluding hydrogens is 382 g/mol. The van der Waals surface area contributed by atoms with Crippen molar-refractivity contribution in [3.8, 4) is 0 Å². The molecule has 4 aliphatic rings. The third-order valence-electron chi connectivity index (χ3n) is 8.89. The average Bonchev–Trinajstić information content (AvgIpc) is 2.99. The summed E-state index contributed by atoms with van der Waals surface area (Å²) in [5.41, 5.74) is 3.52. The molecule has 1 amide bonds. The maximum Gasteiger partial charge on any atom is 0.265 e. The fourth-order valence-corrected chi connectivity index (χ4v) is 7.30. The number of fused-ring (bicyclic) bond motifs is 5. The lowest BCUT2D eigenvalue weighted by Gasteiger charge is -2.57. The van der Waals surface area contributed by atoms with Crippen molar-refractivity contribution in [3.63, 3.8) is 0 Å². The van der Waals surface area contributed by atoms with Gasteiger partial charge < -0.3 is 5.32 Å². The number of aromatic nitrogens is 1. The first kappa shape index (κ1) is 19.9. The summed E-state index contributed by atoms with van der Waals surface area (Å²) in [7, 11) is 0. The van der Waals surface area contributed by atoms with Crippen molar-refractivity contribution in [2.24, 2.45) is 28.6 Å². The number of hydrogen-bond acceptors (Lipinski definition) is 2. The number of halogens is 2. The molecule has 160 valence electrons. The maximum atomic E-state index is 13.3. The molecule has 1 N–H and O–H groups in total. The van der Waals surface area contributed by atoms with E-state index in [0.717, 1.165) is 50.6 Å². The van der Waals surface area contributed by atoms with E-state index in [0.29, 0.717) is 17.8 Å². The van der Waals surface area contributed by atoms with Crippen LogP contribution in [0.4, 0.5) is 8.78 Å². The van der Waals surface area contributed by atoms with Crippen molar-refractivity contribution in [2.45, 2.75) is 58.8 Å². The number of pyridine rings is 1. The number of nitrogens with zero attached hydrogens (tertiary/aromatic N) is 1. The molecule has 0 bridgehead atoms. The summed E-state index contributed by atoms with van der Waals surface area (Å²) < 4.78 is 26.5. The van der Waals surface area contributed by atoms with E-state index in [9.17, 15) is 13.6 Å². The van der Waals surface area contributed by atoms with Gasteiger partial charge in [-0.25, -0.2) is 8.78 Å². The molecule has 1 aromatic heterocycles. The molecule has 2 heterocycles. The lowest BCUT2D eigenvalue weighted by Crippen LogP contribution is -2.49. The zero-order chi connectivity index (χ0) is 21.1. The summed E-state index contributed by atoms with van der Waals surface area (Å²) in [5.74, 6) is 1.79. The second kappa shape index (κ2) is 7.00. The van der Waals surface area contributed by atoms with E-state index in [1.54, 1.807) is 12.3 Å². The molecule has 2 saturated carbocycles. The minimum absolute atomic E-state index is 0.00437. The van der Waals surface area contributed by atoms with Crippen LogP contribution in [0.1, 0.15) is 69.9 Å². The standard InChI is InChI=1S/C25H30F2N2O/c1-24-9-10-29-22(30)12-17(24)3-4-18-20-6-5-19(25(20,2)8-7-21(18)24)15-11-16(23(26)27)14-28-13-15/h5,11-14,18,20-21,23H,3-4,6-10H2,1-2H3,(H,29,30)/t18-,20-,21-,24-,25+/m0/s1. The Kier molecular flexibility index (Phi) is 4.64. The lowest BCUT2D eigenvalue weighted by atomic mass is 9.47. The Bertz CT molecular complexity index is 939. The minimum Gasteiger partial charge on any atom is -0.353 e. The van der Waals surface area contributed by atoms with Crippen molar-refractivity contribution in [1.29, 1.82) is 0 Å². The number of rotatable bonds is 2. The third kappa shape index (κ3) is 2.88. The van der Waals surface area contributed by atoms with Gasteiger partial charge in [-0.3, -0.25) is 9.78 Å². The van der Waals surface area contributed by atoms with Crippen LogP contribution in [-0.2, 0) is 4.79 Å². The predicted molar refractivity (Wildman–Crippen MR) is 113 cm³/mol. The van der Waals surface area contributed by atoms with E-state index >= 15 is 0 Å². The molecule has 5 heteroatoms. The molecule has 2 fully saturated rings. The molecule has 3 aliphatic carbocycles. The van der Waals surface area contributed by atoms with Gasteiger partial charge in [-0.1, -0.05) is 25.5 Å². The topological polar surface area (TPSA) is 42.0 Å². The Labute approximate surface area is 177 Å². The number of nitrogens with one attached hydrogen (secondary N) is 1. The minimum atomic E-state index is -2.49. The number of carbonyl (C=O) groups excluding carboxylic acids is 1. The normalized spacial score (nSPS) is 38.0. The van der Waals surface area contributed by atoms with Gasteiger partial charge in [0.05, 0.1) is 0 Å². The molecule has 1 aromatic rings. The maximum absolute atomic E-state index is 13.3. The van der Waals surface area contributed by atoms with Crippen LogP contribution < -0.4 is 5.32 Å². The van der Waals surface area contributed by atoms with Crippen LogP contribution in [0.25, 0.3) is 5.57 Å². The van der Waals surface area contributed by atoms with Crippen LogP contribution in [-0.4, -0.2) is 17.4 Å². The Morgan fingerprint density at radius 2 is 1.97 bits per heavy atom. The number of alkyl halides is 2. The number of allylic oxidation sites excluding steroid dienone is 3. The third-order valence-corrected chi connectivity index (χ3v) is 8.89. The summed E-state index contributed by atoms with van der Waals surface area (Å²) in [4.78, 5) is 16.2. The van der Waals surface area contributed by atoms with Gasteiger partial charge in [-0.05, 0) is 84.3 Å². The summed E-state index contributed by atoms with van der Waals surface area (Å²) in [5, 5.41) is 3.02. The van der Waals surface area contributed by atoms with Gasteiger partial charge >= 0.3 is 0 Å². The molecule has 0 spiro atoms. The highest BCUT2D eigenvalue weighted by atomic mass is 19.3. The van der Waals surface area contributed by atoms with E-state index in [2.05, 4.69) is 30.2 Å². The van der Waals surface area contributed by atoms with Gasteiger partial charge in [0.25, 0.3) is 6.43 Å². The summed E-state index contributed by atoms with van der Waals surface area (Å²) >= 11 is 0. The van der Waals surface area contributed by atoms with Crippen LogP contribution in [0.15, 0.2) is 36.2 Å². The lowest BCUT2D eigenvalue weighted by molar-refractivity contribution is -0.116. The number of hydrogen-bond donors (Lipinski definition) is 1. The van der Waals surface area contributed by atoms with Crippen molar-refractivity contribution >= 4 is 11.5 Å². The van der Waals surface area contributed by atoms with Crippen molar-refractivity contribution in [2.75, 3.05) is 6.54 Å². The highest BCUT2D eigenvalue weighted by Gasteiger charge is 2.56. The molecule has 0 radical (unpaired) electrons. The fourth-order valence-electron chi connectivity index (χ4n) is 7.30. The Morgan fingerprint density at radius 3 is 2.77 bits per heavy atom. The van der Waals surface area contributed by atoms with Crippen molar-refractivity contribution < 1.29 is 13.6 Å². The Morgan fingerprint density at radius 1 is 1.13 bits per heavy atom. The zero-order valence-corrected chi connectivity index (χ0v) is 17.8. The van der Waals surface area contributed by atoms with Crippen molar-refractivity contribution in [3.05, 3.63) is 47.3 Å². The van der Waals surface area contributed by atoms with E-state index in [-0.39, 0.29) is 22.3 Å². The first-order chi connectivity index (χ1) is 14.3. The predicted octanol–water partition coefficient (Wildman–Crippen LogP) is 5.70. The molecule has 0 saturated heterocycles. The molecular formula is C25H30F2N2O. The van der Waals surface area contributed by atoms with Crippen LogP contribution in [0.2, 0.25) is 0 Å². The molecule has 0 aromatic carbocycles. The molecule has 1 aliphatic heterocycles. The molecule has 3 nitrogen and oxygen atoms in total. The zero-order valence-electron chi connectivity index (χ0n) is 17.8. The first-order valence-corrected chi connectivity index (χ1v) is 11.3. The molecule has 30 heavy (non-hydrogen) atoms. The van der Waals surface area contributed by atoms with E-state index in [1.807, 2.05) is 6.08 Å². The van der Waals surface area contributed by atoms with Crippen LogP contribution in [0, 0.1) is 28.6 Å². The summed E-state index contributed by atoms with van der Waals surface area (Å²) in [6.07, 6.45) is 11.0. The smallest absolute Gasteiger partial charge is 0.265 e. The van der Waals surface area contributed by atoms with Crippen LogP contribution >= 0.6 is 0 Å². The highest BCUT2D eigenvalue weighted by Crippen LogP contribution is 2.66. The Balaban J connectivity index is 1.46. The molecule has 5 atom stereocenters. The van der Waals surface area contributed by atoms with E-state index in [4.69, 9.17) is 0 Å².